The number of likely N-dealkylation sites (tertiary alicyclic amines) is 1. The lowest BCUT2D eigenvalue weighted by Crippen LogP contribution is -2.45. The van der Waals surface area contributed by atoms with Crippen LogP contribution >= 0.6 is 0 Å². The van der Waals surface area contributed by atoms with Crippen LogP contribution in [0.1, 0.15) is 44.3 Å². The molecule has 20 heavy (non-hydrogen) atoms. The number of carbonyl (C=O) groups is 1. The van der Waals surface area contributed by atoms with Gasteiger partial charge >= 0.3 is 0 Å². The molecular formula is C15H23N3O2. The van der Waals surface area contributed by atoms with Gasteiger partial charge in [0.05, 0.1) is 12.0 Å². The van der Waals surface area contributed by atoms with Gasteiger partial charge in [-0.15, -0.1) is 0 Å². The first-order valence-electron chi connectivity index (χ1n) is 7.57. The Labute approximate surface area is 119 Å². The van der Waals surface area contributed by atoms with Crippen molar-refractivity contribution in [1.29, 1.82) is 0 Å². The highest BCUT2D eigenvalue weighted by Gasteiger charge is 2.39. The van der Waals surface area contributed by atoms with Gasteiger partial charge in [0.2, 0.25) is 5.91 Å². The normalized spacial score (nSPS) is 24.7. The van der Waals surface area contributed by atoms with Crippen LogP contribution in [-0.4, -0.2) is 43.7 Å². The third kappa shape index (κ3) is 2.59. The second kappa shape index (κ2) is 5.20. The molecule has 0 radical (unpaired) electrons. The van der Waals surface area contributed by atoms with Crippen molar-refractivity contribution in [3.05, 3.63) is 18.2 Å². The second-order valence-electron chi connectivity index (χ2n) is 6.26. The number of rotatable bonds is 4. The van der Waals surface area contributed by atoms with E-state index in [-0.39, 0.29) is 11.9 Å². The fraction of sp³-hybridized carbons (Fsp3) is 0.733. The van der Waals surface area contributed by atoms with Crippen LogP contribution in [0.25, 0.3) is 0 Å². The first-order valence-corrected chi connectivity index (χ1v) is 7.57. The lowest BCUT2D eigenvalue weighted by atomic mass is 9.77. The minimum Gasteiger partial charge on any atom is -0.389 e. The lowest BCUT2D eigenvalue weighted by Gasteiger charge is -2.38. The largest absolute Gasteiger partial charge is 0.389 e. The van der Waals surface area contributed by atoms with Gasteiger partial charge in [-0.2, -0.15) is 0 Å². The zero-order chi connectivity index (χ0) is 14.2. The number of amides is 1. The van der Waals surface area contributed by atoms with Crippen molar-refractivity contribution in [1.82, 2.24) is 14.5 Å². The number of aliphatic hydroxyl groups is 1. The Morgan fingerprint density at radius 2 is 2.30 bits per heavy atom. The Kier molecular flexibility index (Phi) is 3.54. The molecule has 1 aromatic rings. The summed E-state index contributed by atoms with van der Waals surface area (Å²) in [4.78, 5) is 18.6. The SMILES string of the molecule is Cc1nccn1CC1CCCN1C(=O)CC1(O)CCC1. The van der Waals surface area contributed by atoms with E-state index in [0.717, 1.165) is 51.0 Å². The number of aromatic nitrogens is 2. The number of carbonyl (C=O) groups excluding carboxylic acids is 1. The molecule has 1 saturated heterocycles. The van der Waals surface area contributed by atoms with Crippen LogP contribution in [0.4, 0.5) is 0 Å². The fourth-order valence-electron chi connectivity index (χ4n) is 3.32. The maximum atomic E-state index is 12.4. The van der Waals surface area contributed by atoms with Gasteiger partial charge in [-0.1, -0.05) is 0 Å². The van der Waals surface area contributed by atoms with E-state index in [1.807, 2.05) is 18.0 Å². The molecule has 5 heteroatoms. The molecule has 1 N–H and O–H groups in total. The Balaban J connectivity index is 1.63. The van der Waals surface area contributed by atoms with E-state index in [1.165, 1.54) is 0 Å². The smallest absolute Gasteiger partial charge is 0.225 e. The van der Waals surface area contributed by atoms with Gasteiger partial charge in [-0.05, 0) is 39.0 Å². The minimum absolute atomic E-state index is 0.118. The number of hydrogen-bond acceptors (Lipinski definition) is 3. The van der Waals surface area contributed by atoms with Crippen LogP contribution in [0.15, 0.2) is 12.4 Å². The Morgan fingerprint density at radius 1 is 1.50 bits per heavy atom. The average molecular weight is 277 g/mol. The van der Waals surface area contributed by atoms with Gasteiger partial charge < -0.3 is 14.6 Å². The maximum Gasteiger partial charge on any atom is 0.225 e. The summed E-state index contributed by atoms with van der Waals surface area (Å²) in [5, 5.41) is 10.2. The van der Waals surface area contributed by atoms with E-state index >= 15 is 0 Å². The Hall–Kier alpha value is -1.36. The second-order valence-corrected chi connectivity index (χ2v) is 6.26. The third-order valence-corrected chi connectivity index (χ3v) is 4.79. The van der Waals surface area contributed by atoms with Crippen molar-refractivity contribution in [3.63, 3.8) is 0 Å². The zero-order valence-electron chi connectivity index (χ0n) is 12.1. The van der Waals surface area contributed by atoms with Crippen LogP contribution < -0.4 is 0 Å². The first-order chi connectivity index (χ1) is 9.57. The third-order valence-electron chi connectivity index (χ3n) is 4.79. The van der Waals surface area contributed by atoms with Gasteiger partial charge in [0.25, 0.3) is 0 Å². The molecule has 1 amide bonds. The quantitative estimate of drug-likeness (QED) is 0.907. The van der Waals surface area contributed by atoms with Crippen molar-refractivity contribution in [3.8, 4) is 0 Å². The first kappa shape index (κ1) is 13.6. The van der Waals surface area contributed by atoms with E-state index in [4.69, 9.17) is 0 Å². The van der Waals surface area contributed by atoms with Gasteiger partial charge in [0.1, 0.15) is 5.82 Å². The molecule has 110 valence electrons. The molecule has 0 bridgehead atoms. The molecule has 0 spiro atoms. The summed E-state index contributed by atoms with van der Waals surface area (Å²) >= 11 is 0. The predicted molar refractivity (Wildman–Crippen MR) is 75.1 cm³/mol. The van der Waals surface area contributed by atoms with Crippen molar-refractivity contribution >= 4 is 5.91 Å². The number of aryl methyl sites for hydroxylation is 1. The zero-order valence-corrected chi connectivity index (χ0v) is 12.1. The highest BCUT2D eigenvalue weighted by molar-refractivity contribution is 5.78. The van der Waals surface area contributed by atoms with E-state index in [2.05, 4.69) is 9.55 Å². The van der Waals surface area contributed by atoms with Crippen LogP contribution in [0.5, 0.6) is 0 Å². The molecule has 0 aromatic carbocycles. The molecule has 2 heterocycles. The molecule has 1 aromatic heterocycles. The van der Waals surface area contributed by atoms with Crippen LogP contribution in [-0.2, 0) is 11.3 Å². The molecule has 5 nitrogen and oxygen atoms in total. The highest BCUT2D eigenvalue weighted by atomic mass is 16.3. The molecule has 3 rings (SSSR count). The number of hydrogen-bond donors (Lipinski definition) is 1. The summed E-state index contributed by atoms with van der Waals surface area (Å²) in [5.41, 5.74) is -0.713. The van der Waals surface area contributed by atoms with E-state index < -0.39 is 5.60 Å². The van der Waals surface area contributed by atoms with Gasteiger partial charge in [-0.3, -0.25) is 4.79 Å². The van der Waals surface area contributed by atoms with Gasteiger partial charge in [0, 0.05) is 31.5 Å². The lowest BCUT2D eigenvalue weighted by molar-refractivity contribution is -0.141. The predicted octanol–water partition coefficient (Wildman–Crippen LogP) is 1.49. The van der Waals surface area contributed by atoms with Crippen LogP contribution in [0.3, 0.4) is 0 Å². The van der Waals surface area contributed by atoms with E-state index in [0.29, 0.717) is 6.42 Å². The average Bonchev–Trinajstić information content (AvgIpc) is 2.98. The standard InChI is InChI=1S/C15H23N3O2/c1-12-16-7-9-17(12)11-13-4-2-8-18(13)14(19)10-15(20)5-3-6-15/h7,9,13,20H,2-6,8,10-11H2,1H3. The number of nitrogens with zero attached hydrogens (tertiary/aromatic N) is 3. The van der Waals surface area contributed by atoms with Gasteiger partial charge in [0.15, 0.2) is 0 Å². The van der Waals surface area contributed by atoms with Crippen molar-refractivity contribution < 1.29 is 9.90 Å². The molecule has 2 fully saturated rings. The minimum atomic E-state index is -0.713. The van der Waals surface area contributed by atoms with E-state index in [9.17, 15) is 9.90 Å². The molecule has 1 unspecified atom stereocenters. The summed E-state index contributed by atoms with van der Waals surface area (Å²) in [5.74, 6) is 1.11. The molecule has 1 atom stereocenters. The monoisotopic (exact) mass is 277 g/mol. The Morgan fingerprint density at radius 3 is 2.90 bits per heavy atom. The molecule has 1 aliphatic heterocycles. The van der Waals surface area contributed by atoms with Gasteiger partial charge in [-0.25, -0.2) is 4.98 Å². The summed E-state index contributed by atoms with van der Waals surface area (Å²) in [6.07, 6.45) is 8.76. The van der Waals surface area contributed by atoms with Crippen molar-refractivity contribution in [2.75, 3.05) is 6.54 Å². The van der Waals surface area contributed by atoms with Crippen molar-refractivity contribution in [2.45, 2.75) is 63.6 Å². The molecule has 1 saturated carbocycles. The molecular weight excluding hydrogens is 254 g/mol. The fourth-order valence-corrected chi connectivity index (χ4v) is 3.32. The Bertz CT molecular complexity index is 493. The summed E-state index contributed by atoms with van der Waals surface area (Å²) in [6, 6.07) is 0.249. The van der Waals surface area contributed by atoms with Crippen molar-refractivity contribution in [2.24, 2.45) is 0 Å². The highest BCUT2D eigenvalue weighted by Crippen LogP contribution is 2.35. The van der Waals surface area contributed by atoms with E-state index in [1.54, 1.807) is 6.20 Å². The maximum absolute atomic E-state index is 12.4. The topological polar surface area (TPSA) is 58.4 Å². The van der Waals surface area contributed by atoms with Crippen LogP contribution in [0, 0.1) is 6.92 Å². The molecule has 1 aliphatic carbocycles. The summed E-state index contributed by atoms with van der Waals surface area (Å²) in [7, 11) is 0. The number of imidazole rings is 1. The summed E-state index contributed by atoms with van der Waals surface area (Å²) in [6.45, 7) is 3.63. The molecule has 2 aliphatic rings. The van der Waals surface area contributed by atoms with Crippen LogP contribution in [0.2, 0.25) is 0 Å². The summed E-state index contributed by atoms with van der Waals surface area (Å²) < 4.78 is 2.11.